The number of carbonyl (C=O) groups is 1. The van der Waals surface area contributed by atoms with Crippen molar-refractivity contribution in [1.29, 1.82) is 0 Å². The van der Waals surface area contributed by atoms with Gasteiger partial charge in [-0.1, -0.05) is 33.9 Å². The maximum Gasteiger partial charge on any atom is 0.248 e. The van der Waals surface area contributed by atoms with Crippen molar-refractivity contribution in [2.45, 2.75) is 53.6 Å². The van der Waals surface area contributed by atoms with Crippen LogP contribution in [0.3, 0.4) is 0 Å². The molecule has 0 rings (SSSR count). The molecule has 0 saturated carbocycles. The highest BCUT2D eigenvalue weighted by molar-refractivity contribution is 5.91. The lowest BCUT2D eigenvalue weighted by atomic mass is 9.80. The third kappa shape index (κ3) is 7.91. The van der Waals surface area contributed by atoms with Crippen molar-refractivity contribution in [2.24, 2.45) is 16.3 Å². The molecule has 0 heterocycles. The van der Waals surface area contributed by atoms with Crippen LogP contribution in [0, 0.1) is 11.3 Å². The van der Waals surface area contributed by atoms with Crippen LogP contribution in [0.2, 0.25) is 0 Å². The van der Waals surface area contributed by atoms with E-state index >= 15 is 0 Å². The quantitative estimate of drug-likeness (QED) is 0.325. The molecule has 0 aromatic rings. The fourth-order valence-electron chi connectivity index (χ4n) is 3.27. The van der Waals surface area contributed by atoms with Crippen LogP contribution in [0.25, 0.3) is 0 Å². The summed E-state index contributed by atoms with van der Waals surface area (Å²) >= 11 is 0. The zero-order valence-corrected chi connectivity index (χ0v) is 16.9. The molecular formula is C20H37N3O. The molecule has 0 aliphatic rings. The predicted octanol–water partition coefficient (Wildman–Crippen LogP) is 4.00. The molecule has 0 N–H and O–H groups in total. The van der Waals surface area contributed by atoms with Gasteiger partial charge in [0.25, 0.3) is 0 Å². The maximum absolute atomic E-state index is 11.9. The zero-order valence-electron chi connectivity index (χ0n) is 16.9. The van der Waals surface area contributed by atoms with Gasteiger partial charge in [-0.3, -0.25) is 14.7 Å². The summed E-state index contributed by atoms with van der Waals surface area (Å²) in [5.74, 6) is 0.552. The van der Waals surface area contributed by atoms with Crippen LogP contribution in [-0.2, 0) is 4.79 Å². The van der Waals surface area contributed by atoms with Gasteiger partial charge in [0.2, 0.25) is 5.91 Å². The van der Waals surface area contributed by atoms with Gasteiger partial charge >= 0.3 is 0 Å². The van der Waals surface area contributed by atoms with Crippen LogP contribution in [-0.4, -0.2) is 55.8 Å². The Morgan fingerprint density at radius 2 is 1.75 bits per heavy atom. The highest BCUT2D eigenvalue weighted by atomic mass is 16.2. The normalized spacial score (nSPS) is 14.2. The van der Waals surface area contributed by atoms with Crippen LogP contribution in [0.15, 0.2) is 29.3 Å². The first kappa shape index (κ1) is 22.6. The van der Waals surface area contributed by atoms with E-state index < -0.39 is 0 Å². The molecule has 24 heavy (non-hydrogen) atoms. The van der Waals surface area contributed by atoms with E-state index in [1.807, 2.05) is 14.0 Å². The molecule has 0 aromatic carbocycles. The van der Waals surface area contributed by atoms with Crippen LogP contribution in [0.4, 0.5) is 0 Å². The Balaban J connectivity index is 4.53. The molecule has 0 spiro atoms. The summed E-state index contributed by atoms with van der Waals surface area (Å²) in [6, 6.07) is 0. The third-order valence-corrected chi connectivity index (χ3v) is 4.37. The molecule has 138 valence electrons. The molecule has 1 amide bonds. The zero-order chi connectivity index (χ0) is 19.1. The van der Waals surface area contributed by atoms with E-state index in [4.69, 9.17) is 0 Å². The van der Waals surface area contributed by atoms with E-state index in [2.05, 4.69) is 57.6 Å². The molecule has 2 atom stereocenters. The van der Waals surface area contributed by atoms with E-state index in [0.717, 1.165) is 31.5 Å². The standard InChI is InChI=1S/C20H37N3O/c1-15(2)18(21-8)23(10)14-17(5)13-20(6,7)11-12-22(9)19(24)16(3)4/h17-18H,1,3,8,11-14H2,2,4-7,9-10H3. The number of aliphatic imine (C=N–C) groups is 1. The monoisotopic (exact) mass is 335 g/mol. The lowest BCUT2D eigenvalue weighted by Gasteiger charge is -2.33. The van der Waals surface area contributed by atoms with Crippen LogP contribution >= 0.6 is 0 Å². The summed E-state index contributed by atoms with van der Waals surface area (Å²) in [4.78, 5) is 20.0. The summed E-state index contributed by atoms with van der Waals surface area (Å²) in [6.07, 6.45) is 2.04. The summed E-state index contributed by atoms with van der Waals surface area (Å²) < 4.78 is 0. The van der Waals surface area contributed by atoms with Crippen molar-refractivity contribution in [3.63, 3.8) is 0 Å². The van der Waals surface area contributed by atoms with Crippen molar-refractivity contribution in [1.82, 2.24) is 9.80 Å². The molecule has 0 fully saturated rings. The Kier molecular flexibility index (Phi) is 9.20. The van der Waals surface area contributed by atoms with Crippen molar-refractivity contribution >= 4 is 12.6 Å². The van der Waals surface area contributed by atoms with Crippen molar-refractivity contribution in [2.75, 3.05) is 27.2 Å². The molecule has 2 unspecified atom stereocenters. The lowest BCUT2D eigenvalue weighted by Crippen LogP contribution is -2.36. The molecule has 0 aromatic heterocycles. The van der Waals surface area contributed by atoms with Crippen molar-refractivity contribution < 1.29 is 4.79 Å². The van der Waals surface area contributed by atoms with E-state index in [0.29, 0.717) is 11.5 Å². The van der Waals surface area contributed by atoms with Crippen LogP contribution in [0.5, 0.6) is 0 Å². The molecule has 0 saturated heterocycles. The first-order valence-corrected chi connectivity index (χ1v) is 8.63. The minimum absolute atomic E-state index is 0.0186. The summed E-state index contributed by atoms with van der Waals surface area (Å²) in [6.45, 7) is 23.6. The van der Waals surface area contributed by atoms with Gasteiger partial charge in [0.05, 0.1) is 0 Å². The van der Waals surface area contributed by atoms with E-state index in [9.17, 15) is 4.79 Å². The number of carbonyl (C=O) groups excluding carboxylic acids is 1. The summed E-state index contributed by atoms with van der Waals surface area (Å²) in [5, 5.41) is 0. The molecule has 0 radical (unpaired) electrons. The molecular weight excluding hydrogens is 298 g/mol. The van der Waals surface area contributed by atoms with Gasteiger partial charge in [-0.2, -0.15) is 0 Å². The third-order valence-electron chi connectivity index (χ3n) is 4.37. The fourth-order valence-corrected chi connectivity index (χ4v) is 3.27. The Bertz CT molecular complexity index is 468. The van der Waals surface area contributed by atoms with Gasteiger partial charge < -0.3 is 4.90 Å². The largest absolute Gasteiger partial charge is 0.342 e. The minimum atomic E-state index is -0.0186. The Morgan fingerprint density at radius 1 is 1.21 bits per heavy atom. The molecule has 0 aliphatic carbocycles. The van der Waals surface area contributed by atoms with Gasteiger partial charge in [-0.25, -0.2) is 0 Å². The fraction of sp³-hybridized carbons (Fsp3) is 0.700. The lowest BCUT2D eigenvalue weighted by molar-refractivity contribution is -0.126. The predicted molar refractivity (Wildman–Crippen MR) is 105 cm³/mol. The Morgan fingerprint density at radius 3 is 2.17 bits per heavy atom. The smallest absolute Gasteiger partial charge is 0.248 e. The Hall–Kier alpha value is -1.42. The van der Waals surface area contributed by atoms with Crippen molar-refractivity contribution in [3.05, 3.63) is 24.3 Å². The number of hydrogen-bond acceptors (Lipinski definition) is 3. The number of hydrogen-bond donors (Lipinski definition) is 0. The van der Waals surface area contributed by atoms with Crippen LogP contribution < -0.4 is 0 Å². The van der Waals surface area contributed by atoms with Crippen molar-refractivity contribution in [3.8, 4) is 0 Å². The number of nitrogens with zero attached hydrogens (tertiary/aromatic N) is 3. The summed E-state index contributed by atoms with van der Waals surface area (Å²) in [7, 11) is 3.91. The first-order chi connectivity index (χ1) is 10.9. The van der Waals surface area contributed by atoms with E-state index in [1.54, 1.807) is 11.8 Å². The second-order valence-corrected chi connectivity index (χ2v) is 8.07. The second-order valence-electron chi connectivity index (χ2n) is 8.07. The topological polar surface area (TPSA) is 35.9 Å². The highest BCUT2D eigenvalue weighted by Crippen LogP contribution is 2.30. The maximum atomic E-state index is 11.9. The second kappa shape index (κ2) is 9.77. The average molecular weight is 336 g/mol. The first-order valence-electron chi connectivity index (χ1n) is 8.63. The van der Waals surface area contributed by atoms with E-state index in [1.165, 1.54) is 0 Å². The molecule has 4 nitrogen and oxygen atoms in total. The molecule has 4 heteroatoms. The Labute approximate surface area is 149 Å². The van der Waals surface area contributed by atoms with Gasteiger partial charge in [-0.15, -0.1) is 0 Å². The molecule has 0 bridgehead atoms. The van der Waals surface area contributed by atoms with Crippen LogP contribution in [0.1, 0.15) is 47.5 Å². The molecule has 0 aliphatic heterocycles. The number of likely N-dealkylation sites (N-methyl/N-ethyl adjacent to an activating group) is 2. The number of amides is 1. The van der Waals surface area contributed by atoms with Gasteiger partial charge in [0.15, 0.2) is 0 Å². The van der Waals surface area contributed by atoms with E-state index in [-0.39, 0.29) is 17.5 Å². The highest BCUT2D eigenvalue weighted by Gasteiger charge is 2.24. The average Bonchev–Trinajstić information content (AvgIpc) is 2.43. The SMILES string of the molecule is C=NC(C(=C)C)N(C)CC(C)CC(C)(C)CCN(C)C(=O)C(=C)C. The summed E-state index contributed by atoms with van der Waals surface area (Å²) in [5.41, 5.74) is 1.77. The number of rotatable bonds is 11. The van der Waals surface area contributed by atoms with Gasteiger partial charge in [0.1, 0.15) is 6.17 Å². The van der Waals surface area contributed by atoms with Gasteiger partial charge in [0, 0.05) is 25.7 Å². The minimum Gasteiger partial charge on any atom is -0.342 e. The van der Waals surface area contributed by atoms with Gasteiger partial charge in [-0.05, 0) is 57.4 Å².